The maximum Gasteiger partial charge on any atom is 0.147 e. The third-order valence-electron chi connectivity index (χ3n) is 2.89. The third kappa shape index (κ3) is 7.14. The van der Waals surface area contributed by atoms with Crippen LogP contribution in [0.3, 0.4) is 0 Å². The van der Waals surface area contributed by atoms with Crippen LogP contribution in [0.4, 0.5) is 0 Å². The van der Waals surface area contributed by atoms with E-state index >= 15 is 0 Å². The zero-order chi connectivity index (χ0) is 15.4. The number of carbonyl (C=O) groups is 1. The smallest absolute Gasteiger partial charge is 0.147 e. The van der Waals surface area contributed by atoms with Crippen molar-refractivity contribution in [2.75, 3.05) is 5.75 Å². The summed E-state index contributed by atoms with van der Waals surface area (Å²) < 4.78 is 0.153. The van der Waals surface area contributed by atoms with Crippen molar-refractivity contribution in [3.63, 3.8) is 0 Å². The Morgan fingerprint density at radius 2 is 1.55 bits per heavy atom. The van der Waals surface area contributed by atoms with Gasteiger partial charge in [0.05, 0.1) is 5.75 Å². The molecule has 1 rings (SSSR count). The molecule has 0 N–H and O–H groups in total. The molecule has 0 bridgehead atoms. The lowest BCUT2D eigenvalue weighted by molar-refractivity contribution is -0.116. The first kappa shape index (κ1) is 17.3. The number of thioether (sulfide) groups is 1. The molecule has 0 aromatic heterocycles. The highest BCUT2D eigenvalue weighted by Gasteiger charge is 2.17. The van der Waals surface area contributed by atoms with E-state index in [0.717, 1.165) is 6.42 Å². The second-order valence-corrected chi connectivity index (χ2v) is 9.42. The molecule has 0 saturated carbocycles. The predicted molar refractivity (Wildman–Crippen MR) is 90.5 cm³/mol. The van der Waals surface area contributed by atoms with E-state index in [-0.39, 0.29) is 10.2 Å². The summed E-state index contributed by atoms with van der Waals surface area (Å²) in [6.45, 7) is 13.2. The minimum atomic E-state index is 0.153. The molecule has 0 spiro atoms. The summed E-state index contributed by atoms with van der Waals surface area (Å²) >= 11 is 1.73. The van der Waals surface area contributed by atoms with E-state index in [1.807, 2.05) is 6.07 Å². The van der Waals surface area contributed by atoms with Gasteiger partial charge in [-0.25, -0.2) is 0 Å². The van der Waals surface area contributed by atoms with Gasteiger partial charge in [-0.15, -0.1) is 11.8 Å². The van der Waals surface area contributed by atoms with Gasteiger partial charge in [0.15, 0.2) is 0 Å². The van der Waals surface area contributed by atoms with Crippen LogP contribution < -0.4 is 0 Å². The second kappa shape index (κ2) is 6.80. The summed E-state index contributed by atoms with van der Waals surface area (Å²) in [4.78, 5) is 12.2. The van der Waals surface area contributed by atoms with Gasteiger partial charge in [-0.2, -0.15) is 0 Å². The van der Waals surface area contributed by atoms with Gasteiger partial charge in [-0.3, -0.25) is 4.79 Å². The highest BCUT2D eigenvalue weighted by molar-refractivity contribution is 8.01. The van der Waals surface area contributed by atoms with E-state index in [9.17, 15) is 4.79 Å². The first-order chi connectivity index (χ1) is 9.07. The van der Waals surface area contributed by atoms with Crippen molar-refractivity contribution in [1.29, 1.82) is 0 Å². The van der Waals surface area contributed by atoms with E-state index < -0.39 is 0 Å². The highest BCUT2D eigenvalue weighted by Crippen LogP contribution is 2.25. The SMILES string of the molecule is CC(C)(C)Cc1ccccc1CC(=O)CSC(C)(C)C. The lowest BCUT2D eigenvalue weighted by Crippen LogP contribution is -2.16. The van der Waals surface area contributed by atoms with Gasteiger partial charge in [0, 0.05) is 11.2 Å². The number of Topliss-reactive ketones (excluding diaryl/α,β-unsaturated/α-hetero) is 1. The van der Waals surface area contributed by atoms with E-state index in [0.29, 0.717) is 18.0 Å². The maximum atomic E-state index is 12.2. The van der Waals surface area contributed by atoms with Gasteiger partial charge in [-0.05, 0) is 23.0 Å². The molecule has 0 fully saturated rings. The van der Waals surface area contributed by atoms with Crippen LogP contribution in [0, 0.1) is 5.41 Å². The molecule has 1 aromatic carbocycles. The Balaban J connectivity index is 2.70. The lowest BCUT2D eigenvalue weighted by Gasteiger charge is -2.21. The van der Waals surface area contributed by atoms with Crippen molar-refractivity contribution in [2.45, 2.75) is 59.1 Å². The van der Waals surface area contributed by atoms with Gasteiger partial charge in [-0.1, -0.05) is 65.8 Å². The zero-order valence-corrected chi connectivity index (χ0v) is 14.6. The minimum absolute atomic E-state index is 0.153. The van der Waals surface area contributed by atoms with Crippen LogP contribution in [0.5, 0.6) is 0 Å². The molecule has 0 atom stereocenters. The zero-order valence-electron chi connectivity index (χ0n) is 13.7. The topological polar surface area (TPSA) is 17.1 Å². The van der Waals surface area contributed by atoms with Crippen LogP contribution in [-0.4, -0.2) is 16.3 Å². The fourth-order valence-corrected chi connectivity index (χ4v) is 2.73. The number of hydrogen-bond acceptors (Lipinski definition) is 2. The van der Waals surface area contributed by atoms with Crippen LogP contribution in [0.25, 0.3) is 0 Å². The first-order valence-electron chi connectivity index (χ1n) is 7.29. The quantitative estimate of drug-likeness (QED) is 0.766. The van der Waals surface area contributed by atoms with Crippen LogP contribution in [-0.2, 0) is 17.6 Å². The second-order valence-electron chi connectivity index (χ2n) is 7.62. The van der Waals surface area contributed by atoms with Gasteiger partial charge in [0.2, 0.25) is 0 Å². The van der Waals surface area contributed by atoms with Gasteiger partial charge in [0.1, 0.15) is 5.78 Å². The Morgan fingerprint density at radius 3 is 2.05 bits per heavy atom. The molecular weight excluding hydrogens is 264 g/mol. The summed E-state index contributed by atoms with van der Waals surface area (Å²) in [5.74, 6) is 0.930. The van der Waals surface area contributed by atoms with E-state index in [4.69, 9.17) is 0 Å². The molecule has 0 saturated heterocycles. The summed E-state index contributed by atoms with van der Waals surface area (Å²) in [6, 6.07) is 8.36. The maximum absolute atomic E-state index is 12.2. The largest absolute Gasteiger partial charge is 0.298 e. The van der Waals surface area contributed by atoms with Crippen molar-refractivity contribution in [3.05, 3.63) is 35.4 Å². The highest BCUT2D eigenvalue weighted by atomic mass is 32.2. The molecule has 0 radical (unpaired) electrons. The summed E-state index contributed by atoms with van der Waals surface area (Å²) in [7, 11) is 0. The summed E-state index contributed by atoms with van der Waals surface area (Å²) in [5, 5.41) is 0. The Morgan fingerprint density at radius 1 is 1.00 bits per heavy atom. The normalized spacial score (nSPS) is 12.5. The van der Waals surface area contributed by atoms with Crippen LogP contribution in [0.2, 0.25) is 0 Å². The Labute approximate surface area is 128 Å². The Hall–Kier alpha value is -0.760. The standard InChI is InChI=1S/C18H28OS/c1-17(2,3)12-15-10-8-7-9-14(15)11-16(19)13-20-18(4,5)6/h7-10H,11-13H2,1-6H3. The molecule has 112 valence electrons. The van der Waals surface area contributed by atoms with Crippen LogP contribution >= 0.6 is 11.8 Å². The molecule has 0 amide bonds. The molecule has 0 aliphatic carbocycles. The summed E-state index contributed by atoms with van der Waals surface area (Å²) in [6.07, 6.45) is 1.58. The molecule has 0 aliphatic rings. The Bertz CT molecular complexity index is 449. The fourth-order valence-electron chi connectivity index (χ4n) is 2.03. The monoisotopic (exact) mass is 292 g/mol. The first-order valence-corrected chi connectivity index (χ1v) is 8.28. The summed E-state index contributed by atoms with van der Waals surface area (Å²) in [5.41, 5.74) is 2.76. The van der Waals surface area contributed by atoms with Crippen molar-refractivity contribution in [2.24, 2.45) is 5.41 Å². The molecule has 0 unspecified atom stereocenters. The van der Waals surface area contributed by atoms with Crippen molar-refractivity contribution >= 4 is 17.5 Å². The molecule has 1 aromatic rings. The fraction of sp³-hybridized carbons (Fsp3) is 0.611. The molecular formula is C18H28OS. The lowest BCUT2D eigenvalue weighted by atomic mass is 9.85. The third-order valence-corrected chi connectivity index (χ3v) is 4.23. The van der Waals surface area contributed by atoms with Crippen molar-refractivity contribution < 1.29 is 4.79 Å². The van der Waals surface area contributed by atoms with Gasteiger partial charge >= 0.3 is 0 Å². The van der Waals surface area contributed by atoms with Crippen LogP contribution in [0.15, 0.2) is 24.3 Å². The molecule has 1 nitrogen and oxygen atoms in total. The average molecular weight is 292 g/mol. The number of rotatable bonds is 5. The average Bonchev–Trinajstić information content (AvgIpc) is 2.26. The molecule has 20 heavy (non-hydrogen) atoms. The number of carbonyl (C=O) groups excluding carboxylic acids is 1. The number of ketones is 1. The van der Waals surface area contributed by atoms with E-state index in [1.165, 1.54) is 11.1 Å². The Kier molecular flexibility index (Phi) is 5.88. The number of hydrogen-bond donors (Lipinski definition) is 0. The van der Waals surface area contributed by atoms with Crippen LogP contribution in [0.1, 0.15) is 52.7 Å². The molecule has 0 heterocycles. The molecule has 0 aliphatic heterocycles. The van der Waals surface area contributed by atoms with Gasteiger partial charge < -0.3 is 0 Å². The van der Waals surface area contributed by atoms with E-state index in [2.05, 4.69) is 59.7 Å². The number of benzene rings is 1. The predicted octanol–water partition coefficient (Wildman–Crippen LogP) is 4.92. The molecule has 2 heteroatoms. The van der Waals surface area contributed by atoms with Gasteiger partial charge in [0.25, 0.3) is 0 Å². The minimum Gasteiger partial charge on any atom is -0.298 e. The van der Waals surface area contributed by atoms with Crippen molar-refractivity contribution in [1.82, 2.24) is 0 Å². The van der Waals surface area contributed by atoms with Crippen molar-refractivity contribution in [3.8, 4) is 0 Å². The van der Waals surface area contributed by atoms with E-state index in [1.54, 1.807) is 11.8 Å².